The van der Waals surface area contributed by atoms with Crippen LogP contribution in [-0.4, -0.2) is 47.6 Å². The molecule has 140 valence electrons. The summed E-state index contributed by atoms with van der Waals surface area (Å²) in [5.41, 5.74) is 7.40. The van der Waals surface area contributed by atoms with Gasteiger partial charge in [0.2, 0.25) is 5.91 Å². The molecule has 7 heteroatoms. The number of piperidine rings is 1. The number of nitrogens with one attached hydrogen (secondary N) is 2. The number of fused-ring (bicyclic) bond motifs is 1. The van der Waals surface area contributed by atoms with E-state index in [9.17, 15) is 14.0 Å². The van der Waals surface area contributed by atoms with E-state index < -0.39 is 0 Å². The van der Waals surface area contributed by atoms with Crippen LogP contribution >= 0.6 is 0 Å². The molecule has 2 heterocycles. The first-order valence-electron chi connectivity index (χ1n) is 9.14. The van der Waals surface area contributed by atoms with Crippen molar-refractivity contribution in [3.8, 4) is 0 Å². The van der Waals surface area contributed by atoms with Crippen LogP contribution < -0.4 is 11.1 Å². The van der Waals surface area contributed by atoms with Crippen molar-refractivity contribution < 1.29 is 18.5 Å². The van der Waals surface area contributed by atoms with Crippen LogP contribution in [0.4, 0.5) is 9.18 Å². The maximum absolute atomic E-state index is 13.4. The van der Waals surface area contributed by atoms with Crippen LogP contribution in [0.1, 0.15) is 25.3 Å². The standard InChI is InChI=1S/C19H25FN4O2/c1-2-24(19(21)26)9-6-13(7-10-24)18(25)22-8-5-14-12-23-17-4-3-15(20)11-16(14)17/h3-4,11-13,23H,2,5-10H2,1H3,(H2-,21,22,25,26)/p+1. The molecule has 4 N–H and O–H groups in total. The molecule has 3 amide bonds. The van der Waals surface area contributed by atoms with E-state index in [1.165, 1.54) is 12.1 Å². The summed E-state index contributed by atoms with van der Waals surface area (Å²) in [5.74, 6) is -0.321. The second kappa shape index (κ2) is 7.45. The van der Waals surface area contributed by atoms with Crippen LogP contribution in [0, 0.1) is 11.7 Å². The van der Waals surface area contributed by atoms with Crippen molar-refractivity contribution in [1.82, 2.24) is 10.3 Å². The lowest BCUT2D eigenvalue weighted by atomic mass is 9.94. The Balaban J connectivity index is 1.52. The summed E-state index contributed by atoms with van der Waals surface area (Å²) in [6, 6.07) is 4.34. The van der Waals surface area contributed by atoms with Gasteiger partial charge in [0.25, 0.3) is 0 Å². The Morgan fingerprint density at radius 1 is 1.35 bits per heavy atom. The second-order valence-corrected chi connectivity index (χ2v) is 7.07. The first-order chi connectivity index (χ1) is 12.4. The van der Waals surface area contributed by atoms with Gasteiger partial charge in [0, 0.05) is 42.4 Å². The molecule has 1 fully saturated rings. The number of urea groups is 1. The van der Waals surface area contributed by atoms with Gasteiger partial charge in [-0.2, -0.15) is 0 Å². The number of benzene rings is 1. The van der Waals surface area contributed by atoms with Gasteiger partial charge in [-0.05, 0) is 37.1 Å². The van der Waals surface area contributed by atoms with E-state index in [0.717, 1.165) is 16.5 Å². The number of hydrogen-bond donors (Lipinski definition) is 3. The number of halogens is 1. The van der Waals surface area contributed by atoms with Crippen molar-refractivity contribution in [1.29, 1.82) is 0 Å². The third-order valence-corrected chi connectivity index (χ3v) is 5.68. The van der Waals surface area contributed by atoms with Crippen molar-refractivity contribution in [3.63, 3.8) is 0 Å². The van der Waals surface area contributed by atoms with E-state index >= 15 is 0 Å². The molecular formula is C19H26FN4O2+. The molecule has 1 aliphatic rings. The fourth-order valence-corrected chi connectivity index (χ4v) is 3.84. The molecule has 0 atom stereocenters. The molecule has 1 saturated heterocycles. The number of nitrogens with zero attached hydrogens (tertiary/aromatic N) is 1. The monoisotopic (exact) mass is 361 g/mol. The normalized spacial score (nSPS) is 23.1. The topological polar surface area (TPSA) is 88.0 Å². The zero-order chi connectivity index (χ0) is 18.7. The number of hydrogen-bond acceptors (Lipinski definition) is 2. The number of carbonyl (C=O) groups excluding carboxylic acids is 2. The van der Waals surface area contributed by atoms with Gasteiger partial charge in [-0.15, -0.1) is 0 Å². The van der Waals surface area contributed by atoms with Gasteiger partial charge in [-0.25, -0.2) is 13.7 Å². The summed E-state index contributed by atoms with van der Waals surface area (Å²) in [6.45, 7) is 4.36. The quantitative estimate of drug-likeness (QED) is 0.714. The SMILES string of the molecule is CC[N+]1(C(N)=O)CCC(C(=O)NCCc2c[nH]c3ccc(F)cc23)CC1. The number of likely N-dealkylation sites (tertiary alicyclic amines) is 1. The third kappa shape index (κ3) is 3.58. The smallest absolute Gasteiger partial charge is 0.361 e. The van der Waals surface area contributed by atoms with Gasteiger partial charge in [0.15, 0.2) is 0 Å². The van der Waals surface area contributed by atoms with Crippen molar-refractivity contribution >= 4 is 22.8 Å². The molecule has 0 bridgehead atoms. The van der Waals surface area contributed by atoms with Gasteiger partial charge in [0.05, 0.1) is 19.6 Å². The van der Waals surface area contributed by atoms with Gasteiger partial charge in [0.1, 0.15) is 5.82 Å². The number of nitrogens with two attached hydrogens (primary N) is 1. The van der Waals surface area contributed by atoms with E-state index in [4.69, 9.17) is 5.73 Å². The number of amides is 3. The number of quaternary nitrogens is 1. The summed E-state index contributed by atoms with van der Waals surface area (Å²) < 4.78 is 13.7. The summed E-state index contributed by atoms with van der Waals surface area (Å²) in [6.07, 6.45) is 3.83. The van der Waals surface area contributed by atoms with Crippen molar-refractivity contribution in [2.45, 2.75) is 26.2 Å². The summed E-state index contributed by atoms with van der Waals surface area (Å²) in [4.78, 5) is 27.2. The van der Waals surface area contributed by atoms with Crippen LogP contribution in [0.3, 0.4) is 0 Å². The second-order valence-electron chi connectivity index (χ2n) is 7.07. The number of carbonyl (C=O) groups is 2. The molecule has 0 spiro atoms. The summed E-state index contributed by atoms with van der Waals surface area (Å²) in [7, 11) is 0. The van der Waals surface area contributed by atoms with E-state index in [1.807, 2.05) is 13.1 Å². The fourth-order valence-electron chi connectivity index (χ4n) is 3.84. The predicted molar refractivity (Wildman–Crippen MR) is 97.8 cm³/mol. The highest BCUT2D eigenvalue weighted by atomic mass is 19.1. The molecule has 0 aliphatic carbocycles. The highest BCUT2D eigenvalue weighted by Crippen LogP contribution is 2.24. The zero-order valence-corrected chi connectivity index (χ0v) is 15.1. The number of aromatic nitrogens is 1. The first kappa shape index (κ1) is 18.4. The van der Waals surface area contributed by atoms with Gasteiger partial charge in [-0.3, -0.25) is 4.79 Å². The van der Waals surface area contributed by atoms with E-state index in [2.05, 4.69) is 10.3 Å². The van der Waals surface area contributed by atoms with E-state index in [-0.39, 0.29) is 28.2 Å². The minimum atomic E-state index is -0.307. The Kier molecular flexibility index (Phi) is 5.27. The Bertz CT molecular complexity index is 809. The fraction of sp³-hybridized carbons (Fsp3) is 0.474. The highest BCUT2D eigenvalue weighted by Gasteiger charge is 2.39. The Labute approximate surface area is 152 Å². The first-order valence-corrected chi connectivity index (χ1v) is 9.14. The number of primary amides is 1. The molecule has 2 aromatic rings. The lowest BCUT2D eigenvalue weighted by molar-refractivity contribution is -0.853. The van der Waals surface area contributed by atoms with Crippen LogP contribution in [0.15, 0.2) is 24.4 Å². The third-order valence-electron chi connectivity index (χ3n) is 5.68. The van der Waals surface area contributed by atoms with Crippen LogP contribution in [-0.2, 0) is 11.2 Å². The Morgan fingerprint density at radius 3 is 2.73 bits per heavy atom. The Morgan fingerprint density at radius 2 is 2.08 bits per heavy atom. The molecule has 0 unspecified atom stereocenters. The molecule has 0 radical (unpaired) electrons. The zero-order valence-electron chi connectivity index (χ0n) is 15.1. The van der Waals surface area contributed by atoms with Crippen LogP contribution in [0.5, 0.6) is 0 Å². The summed E-state index contributed by atoms with van der Waals surface area (Å²) in [5, 5.41) is 3.83. The average Bonchev–Trinajstić information content (AvgIpc) is 3.03. The van der Waals surface area contributed by atoms with Gasteiger partial charge in [-0.1, -0.05) is 0 Å². The van der Waals surface area contributed by atoms with E-state index in [0.29, 0.717) is 45.4 Å². The van der Waals surface area contributed by atoms with Crippen molar-refractivity contribution in [3.05, 3.63) is 35.8 Å². The molecule has 1 aromatic heterocycles. The lowest BCUT2D eigenvalue weighted by Crippen LogP contribution is -2.60. The molecule has 3 rings (SSSR count). The van der Waals surface area contributed by atoms with Gasteiger partial charge < -0.3 is 16.0 Å². The number of H-pyrrole nitrogens is 1. The molecule has 1 aliphatic heterocycles. The predicted octanol–water partition coefficient (Wildman–Crippen LogP) is 2.29. The maximum Gasteiger partial charge on any atom is 0.414 e. The van der Waals surface area contributed by atoms with Crippen LogP contribution in [0.2, 0.25) is 0 Å². The molecule has 26 heavy (non-hydrogen) atoms. The lowest BCUT2D eigenvalue weighted by Gasteiger charge is -2.38. The minimum Gasteiger partial charge on any atom is -0.361 e. The number of rotatable bonds is 5. The van der Waals surface area contributed by atoms with E-state index in [1.54, 1.807) is 6.07 Å². The number of aromatic amines is 1. The highest BCUT2D eigenvalue weighted by molar-refractivity contribution is 5.83. The average molecular weight is 361 g/mol. The summed E-state index contributed by atoms with van der Waals surface area (Å²) >= 11 is 0. The Hall–Kier alpha value is -2.41. The maximum atomic E-state index is 13.4. The van der Waals surface area contributed by atoms with Crippen LogP contribution in [0.25, 0.3) is 10.9 Å². The molecular weight excluding hydrogens is 335 g/mol. The largest absolute Gasteiger partial charge is 0.414 e. The van der Waals surface area contributed by atoms with Crippen molar-refractivity contribution in [2.24, 2.45) is 11.7 Å². The molecule has 0 saturated carbocycles. The molecule has 1 aromatic carbocycles. The molecule has 6 nitrogen and oxygen atoms in total. The van der Waals surface area contributed by atoms with Gasteiger partial charge >= 0.3 is 6.03 Å². The van der Waals surface area contributed by atoms with Crippen molar-refractivity contribution in [2.75, 3.05) is 26.2 Å². The minimum absolute atomic E-state index is 0.0226.